The minimum atomic E-state index is -0.106. The molecule has 29 heavy (non-hydrogen) atoms. The van der Waals surface area contributed by atoms with E-state index in [9.17, 15) is 4.79 Å². The third-order valence-corrected chi connectivity index (χ3v) is 6.33. The van der Waals surface area contributed by atoms with Crippen LogP contribution in [0.2, 0.25) is 5.02 Å². The van der Waals surface area contributed by atoms with Crippen LogP contribution in [0, 0.1) is 0 Å². The molecular formula is C21H16ClN3O2S2. The van der Waals surface area contributed by atoms with Crippen LogP contribution in [0.3, 0.4) is 0 Å². The third kappa shape index (κ3) is 4.53. The second-order valence-corrected chi connectivity index (χ2v) is 8.34. The van der Waals surface area contributed by atoms with Crippen LogP contribution in [0.1, 0.15) is 0 Å². The number of rotatable bonds is 6. The van der Waals surface area contributed by atoms with Gasteiger partial charge in [-0.3, -0.25) is 4.79 Å². The molecule has 0 aliphatic heterocycles. The van der Waals surface area contributed by atoms with E-state index in [4.69, 9.17) is 16.3 Å². The molecule has 5 nitrogen and oxygen atoms in total. The predicted molar refractivity (Wildman–Crippen MR) is 120 cm³/mol. The van der Waals surface area contributed by atoms with E-state index in [1.807, 2.05) is 24.3 Å². The molecule has 0 atom stereocenters. The van der Waals surface area contributed by atoms with Crippen molar-refractivity contribution in [3.8, 4) is 16.9 Å². The molecular weight excluding hydrogens is 426 g/mol. The summed E-state index contributed by atoms with van der Waals surface area (Å²) in [6, 6.07) is 14.9. The molecule has 0 aliphatic carbocycles. The summed E-state index contributed by atoms with van der Waals surface area (Å²) in [7, 11) is 1.65. The van der Waals surface area contributed by atoms with Gasteiger partial charge in [0, 0.05) is 21.7 Å². The highest BCUT2D eigenvalue weighted by Crippen LogP contribution is 2.38. The number of methoxy groups -OCH3 is 1. The first-order valence-electron chi connectivity index (χ1n) is 8.69. The number of thioether (sulfide) groups is 1. The summed E-state index contributed by atoms with van der Waals surface area (Å²) in [4.78, 5) is 22.1. The number of anilines is 1. The molecule has 2 aromatic heterocycles. The SMILES string of the molecule is COc1ccc(-c2csc3ncnc(SCC(=O)Nc4ccc(Cl)cc4)c23)cc1. The lowest BCUT2D eigenvalue weighted by Gasteiger charge is -2.07. The molecule has 4 rings (SSSR count). The largest absolute Gasteiger partial charge is 0.497 e. The maximum atomic E-state index is 12.4. The Kier molecular flexibility index (Phi) is 5.99. The molecule has 0 bridgehead atoms. The second-order valence-electron chi connectivity index (χ2n) is 6.08. The number of carbonyl (C=O) groups is 1. The number of ether oxygens (including phenoxy) is 1. The van der Waals surface area contributed by atoms with Crippen molar-refractivity contribution in [2.45, 2.75) is 5.03 Å². The van der Waals surface area contributed by atoms with Gasteiger partial charge in [-0.25, -0.2) is 9.97 Å². The molecule has 8 heteroatoms. The summed E-state index contributed by atoms with van der Waals surface area (Å²) in [5.74, 6) is 0.940. The molecule has 0 unspecified atom stereocenters. The zero-order chi connectivity index (χ0) is 20.2. The highest BCUT2D eigenvalue weighted by Gasteiger charge is 2.15. The summed E-state index contributed by atoms with van der Waals surface area (Å²) >= 11 is 8.84. The van der Waals surface area contributed by atoms with Gasteiger partial charge in [-0.15, -0.1) is 11.3 Å². The van der Waals surface area contributed by atoms with Crippen molar-refractivity contribution in [2.75, 3.05) is 18.2 Å². The van der Waals surface area contributed by atoms with Gasteiger partial charge < -0.3 is 10.1 Å². The summed E-state index contributed by atoms with van der Waals surface area (Å²) in [5, 5.41) is 7.31. The monoisotopic (exact) mass is 441 g/mol. The number of hydrogen-bond acceptors (Lipinski definition) is 6. The predicted octanol–water partition coefficient (Wildman–Crippen LogP) is 5.75. The molecule has 146 valence electrons. The van der Waals surface area contributed by atoms with Crippen LogP contribution in [0.5, 0.6) is 5.75 Å². The van der Waals surface area contributed by atoms with Crippen molar-refractivity contribution in [1.82, 2.24) is 9.97 Å². The van der Waals surface area contributed by atoms with Gasteiger partial charge in [0.25, 0.3) is 0 Å². The van der Waals surface area contributed by atoms with Gasteiger partial charge in [0.05, 0.1) is 18.2 Å². The lowest BCUT2D eigenvalue weighted by Crippen LogP contribution is -2.14. The average molecular weight is 442 g/mol. The first-order valence-corrected chi connectivity index (χ1v) is 10.9. The number of nitrogens with zero attached hydrogens (tertiary/aromatic N) is 2. The normalized spacial score (nSPS) is 10.8. The van der Waals surface area contributed by atoms with Crippen LogP contribution in [0.15, 0.2) is 65.3 Å². The quantitative estimate of drug-likeness (QED) is 0.305. The lowest BCUT2D eigenvalue weighted by molar-refractivity contribution is -0.113. The first kappa shape index (κ1) is 19.7. The van der Waals surface area contributed by atoms with Gasteiger partial charge in [-0.2, -0.15) is 0 Å². The Labute approximate surface area is 181 Å². The Morgan fingerprint density at radius 2 is 1.90 bits per heavy atom. The highest BCUT2D eigenvalue weighted by atomic mass is 35.5. The van der Waals surface area contributed by atoms with Gasteiger partial charge in [-0.1, -0.05) is 35.5 Å². The Bertz CT molecular complexity index is 1150. The van der Waals surface area contributed by atoms with Crippen molar-refractivity contribution in [2.24, 2.45) is 0 Å². The standard InChI is InChI=1S/C21H16ClN3O2S2/c1-27-16-8-2-13(3-9-16)17-10-28-20-19(17)21(24-12-23-20)29-11-18(26)25-15-6-4-14(22)5-7-15/h2-10,12H,11H2,1H3,(H,25,26). The molecule has 2 aromatic carbocycles. The van der Waals surface area contributed by atoms with Crippen molar-refractivity contribution in [3.63, 3.8) is 0 Å². The van der Waals surface area contributed by atoms with E-state index in [-0.39, 0.29) is 11.7 Å². The van der Waals surface area contributed by atoms with E-state index in [1.165, 1.54) is 18.1 Å². The second kappa shape index (κ2) is 8.82. The van der Waals surface area contributed by atoms with Crippen molar-refractivity contribution < 1.29 is 9.53 Å². The maximum Gasteiger partial charge on any atom is 0.234 e. The fraction of sp³-hybridized carbons (Fsp3) is 0.0952. The van der Waals surface area contributed by atoms with E-state index >= 15 is 0 Å². The molecule has 0 fully saturated rings. The van der Waals surface area contributed by atoms with Crippen molar-refractivity contribution >= 4 is 56.5 Å². The first-order chi connectivity index (χ1) is 14.1. The highest BCUT2D eigenvalue weighted by molar-refractivity contribution is 8.00. The van der Waals surface area contributed by atoms with Crippen LogP contribution < -0.4 is 10.1 Å². The molecule has 4 aromatic rings. The van der Waals surface area contributed by atoms with Gasteiger partial charge >= 0.3 is 0 Å². The van der Waals surface area contributed by atoms with Gasteiger partial charge in [0.2, 0.25) is 5.91 Å². The van der Waals surface area contributed by atoms with Crippen LogP contribution in [-0.2, 0) is 4.79 Å². The van der Waals surface area contributed by atoms with Crippen molar-refractivity contribution in [1.29, 1.82) is 0 Å². The number of halogens is 1. The molecule has 0 spiro atoms. The third-order valence-electron chi connectivity index (χ3n) is 4.20. The maximum absolute atomic E-state index is 12.4. The molecule has 0 aliphatic rings. The Balaban J connectivity index is 1.54. The zero-order valence-electron chi connectivity index (χ0n) is 15.4. The fourth-order valence-corrected chi connectivity index (χ4v) is 4.72. The number of nitrogens with one attached hydrogen (secondary N) is 1. The number of thiophene rings is 1. The summed E-state index contributed by atoms with van der Waals surface area (Å²) in [6.45, 7) is 0. The van der Waals surface area contributed by atoms with Crippen molar-refractivity contribution in [3.05, 3.63) is 65.3 Å². The van der Waals surface area contributed by atoms with E-state index in [1.54, 1.807) is 42.7 Å². The molecule has 2 heterocycles. The number of benzene rings is 2. The minimum absolute atomic E-state index is 0.106. The number of fused-ring (bicyclic) bond motifs is 1. The van der Waals surface area contributed by atoms with E-state index < -0.39 is 0 Å². The van der Waals surface area contributed by atoms with Crippen LogP contribution in [0.25, 0.3) is 21.3 Å². The van der Waals surface area contributed by atoms with E-state index in [2.05, 4.69) is 20.7 Å². The topological polar surface area (TPSA) is 64.1 Å². The Morgan fingerprint density at radius 1 is 1.14 bits per heavy atom. The Morgan fingerprint density at radius 3 is 2.62 bits per heavy atom. The van der Waals surface area contributed by atoms with Crippen LogP contribution >= 0.6 is 34.7 Å². The minimum Gasteiger partial charge on any atom is -0.497 e. The van der Waals surface area contributed by atoms with Crippen LogP contribution in [0.4, 0.5) is 5.69 Å². The van der Waals surface area contributed by atoms with Gasteiger partial charge in [0.15, 0.2) is 0 Å². The summed E-state index contributed by atoms with van der Waals surface area (Å²) < 4.78 is 5.24. The smallest absolute Gasteiger partial charge is 0.234 e. The zero-order valence-corrected chi connectivity index (χ0v) is 17.8. The van der Waals surface area contributed by atoms with E-state index in [0.717, 1.165) is 32.1 Å². The van der Waals surface area contributed by atoms with E-state index in [0.29, 0.717) is 10.7 Å². The number of amides is 1. The molecule has 1 amide bonds. The number of aromatic nitrogens is 2. The summed E-state index contributed by atoms with van der Waals surface area (Å²) in [5.41, 5.74) is 2.82. The Hall–Kier alpha value is -2.61. The molecule has 0 radical (unpaired) electrons. The fourth-order valence-electron chi connectivity index (χ4n) is 2.80. The number of carbonyl (C=O) groups excluding carboxylic acids is 1. The molecule has 0 saturated heterocycles. The summed E-state index contributed by atoms with van der Waals surface area (Å²) in [6.07, 6.45) is 1.54. The lowest BCUT2D eigenvalue weighted by atomic mass is 10.1. The number of hydrogen-bond donors (Lipinski definition) is 1. The molecule has 1 N–H and O–H groups in total. The average Bonchev–Trinajstić information content (AvgIpc) is 3.19. The molecule has 0 saturated carbocycles. The van der Waals surface area contributed by atoms with Gasteiger partial charge in [0.1, 0.15) is 21.9 Å². The van der Waals surface area contributed by atoms with Gasteiger partial charge in [-0.05, 0) is 42.0 Å². The van der Waals surface area contributed by atoms with Crippen LogP contribution in [-0.4, -0.2) is 28.7 Å².